The molecule has 0 aromatic carbocycles. The highest BCUT2D eigenvalue weighted by atomic mass is 19.4. The molecule has 0 aromatic heterocycles. The molecule has 0 aliphatic heterocycles. The molecule has 110 valence electrons. The molecule has 0 heterocycles. The van der Waals surface area contributed by atoms with Gasteiger partial charge in [0.1, 0.15) is 0 Å². The summed E-state index contributed by atoms with van der Waals surface area (Å²) in [5, 5.41) is 0. The topological polar surface area (TPSA) is 9.23 Å². The number of alkyl halides is 10. The van der Waals surface area contributed by atoms with Crippen LogP contribution in [-0.4, -0.2) is 30.0 Å². The van der Waals surface area contributed by atoms with Crippen molar-refractivity contribution >= 4 is 0 Å². The van der Waals surface area contributed by atoms with Gasteiger partial charge in [0.25, 0.3) is 5.85 Å². The van der Waals surface area contributed by atoms with E-state index < -0.39 is 43.8 Å². The fourth-order valence-electron chi connectivity index (χ4n) is 0.838. The molecule has 0 aliphatic carbocycles. The highest BCUT2D eigenvalue weighted by Crippen LogP contribution is 2.53. The Morgan fingerprint density at radius 1 is 0.611 bits per heavy atom. The van der Waals surface area contributed by atoms with Gasteiger partial charge >= 0.3 is 24.1 Å². The van der Waals surface area contributed by atoms with Crippen molar-refractivity contribution in [2.45, 2.75) is 43.8 Å². The summed E-state index contributed by atoms with van der Waals surface area (Å²) in [7, 11) is 0. The summed E-state index contributed by atoms with van der Waals surface area (Å²) in [6.07, 6.45) is -6.05. The van der Waals surface area contributed by atoms with E-state index in [9.17, 15) is 43.9 Å². The van der Waals surface area contributed by atoms with Crippen molar-refractivity contribution in [2.75, 3.05) is 0 Å². The minimum absolute atomic E-state index is 0.690. The minimum Gasteiger partial charge on any atom is -0.248 e. The van der Waals surface area contributed by atoms with E-state index >= 15 is 0 Å². The average molecular weight is 296 g/mol. The largest absolute Gasteiger partial charge is 0.525 e. The van der Waals surface area contributed by atoms with Crippen LogP contribution in [0.25, 0.3) is 0 Å². The second-order valence-corrected chi connectivity index (χ2v) is 3.50. The van der Waals surface area contributed by atoms with E-state index in [-0.39, 0.29) is 0 Å². The summed E-state index contributed by atoms with van der Waals surface area (Å²) in [4.78, 5) is 0. The van der Waals surface area contributed by atoms with Crippen LogP contribution in [0.2, 0.25) is 0 Å². The van der Waals surface area contributed by atoms with Gasteiger partial charge in [-0.2, -0.15) is 26.3 Å². The van der Waals surface area contributed by atoms with E-state index in [1.165, 1.54) is 0 Å². The fraction of sp³-hybridized carbons (Fsp3) is 1.00. The molecule has 1 nitrogen and oxygen atoms in total. The molecule has 0 aromatic rings. The minimum atomic E-state index is -6.41. The van der Waals surface area contributed by atoms with Gasteiger partial charge in [0.15, 0.2) is 0 Å². The monoisotopic (exact) mass is 296 g/mol. The molecule has 0 amide bonds. The molecular formula is C7H6F10O. The van der Waals surface area contributed by atoms with Gasteiger partial charge in [-0.05, 0) is 0 Å². The van der Waals surface area contributed by atoms with Crippen molar-refractivity contribution in [2.24, 2.45) is 0 Å². The number of ether oxygens (including phenoxy) is 1. The van der Waals surface area contributed by atoms with Crippen molar-refractivity contribution in [1.29, 1.82) is 0 Å². The van der Waals surface area contributed by atoms with Crippen LogP contribution in [0.3, 0.4) is 0 Å². The van der Waals surface area contributed by atoms with E-state index in [1.807, 2.05) is 0 Å². The molecule has 1 unspecified atom stereocenters. The number of rotatable bonds is 4. The molecule has 0 spiro atoms. The second-order valence-electron chi connectivity index (χ2n) is 3.50. The normalized spacial score (nSPS) is 18.7. The summed E-state index contributed by atoms with van der Waals surface area (Å²) in [6, 6.07) is 0. The molecule has 0 aliphatic rings. The maximum Gasteiger partial charge on any atom is 0.525 e. The molecule has 0 radical (unpaired) electrons. The quantitative estimate of drug-likeness (QED) is 0.709. The van der Waals surface area contributed by atoms with E-state index in [2.05, 4.69) is 4.74 Å². The summed E-state index contributed by atoms with van der Waals surface area (Å²) in [5.74, 6) is -23.6. The molecule has 11 heteroatoms. The Kier molecular flexibility index (Phi) is 3.97. The van der Waals surface area contributed by atoms with Crippen molar-refractivity contribution in [3.63, 3.8) is 0 Å². The van der Waals surface area contributed by atoms with Crippen molar-refractivity contribution in [3.05, 3.63) is 0 Å². The lowest BCUT2D eigenvalue weighted by Crippen LogP contribution is -2.63. The Hall–Kier alpha value is -0.740. The third kappa shape index (κ3) is 2.98. The van der Waals surface area contributed by atoms with Crippen LogP contribution >= 0.6 is 0 Å². The van der Waals surface area contributed by atoms with Gasteiger partial charge in [0.05, 0.1) is 0 Å². The molecule has 0 saturated carbocycles. The lowest BCUT2D eigenvalue weighted by atomic mass is 10.00. The van der Waals surface area contributed by atoms with Crippen LogP contribution in [0.15, 0.2) is 0 Å². The average Bonchev–Trinajstić information content (AvgIpc) is 1.95. The number of hydrogen-bond donors (Lipinski definition) is 0. The first kappa shape index (κ1) is 17.3. The summed E-state index contributed by atoms with van der Waals surface area (Å²) >= 11 is 0. The molecule has 1 atom stereocenters. The van der Waals surface area contributed by atoms with Crippen LogP contribution < -0.4 is 0 Å². The van der Waals surface area contributed by atoms with Gasteiger partial charge in [-0.25, -0.2) is 9.13 Å². The molecule has 18 heavy (non-hydrogen) atoms. The summed E-state index contributed by atoms with van der Waals surface area (Å²) < 4.78 is 125. The Balaban J connectivity index is 5.50. The van der Waals surface area contributed by atoms with Crippen LogP contribution in [0, 0.1) is 0 Å². The zero-order chi connectivity index (χ0) is 15.2. The Morgan fingerprint density at radius 3 is 1.17 bits per heavy atom. The van der Waals surface area contributed by atoms with Gasteiger partial charge in [-0.3, -0.25) is 0 Å². The molecular weight excluding hydrogens is 290 g/mol. The zero-order valence-electron chi connectivity index (χ0n) is 8.69. The van der Waals surface area contributed by atoms with E-state index in [4.69, 9.17) is 0 Å². The van der Waals surface area contributed by atoms with E-state index in [0.717, 1.165) is 0 Å². The van der Waals surface area contributed by atoms with Crippen molar-refractivity contribution in [3.8, 4) is 0 Å². The van der Waals surface area contributed by atoms with Crippen LogP contribution in [0.4, 0.5) is 43.9 Å². The first-order chi connectivity index (χ1) is 7.46. The summed E-state index contributed by atoms with van der Waals surface area (Å²) in [6.45, 7) is -1.41. The van der Waals surface area contributed by atoms with Crippen LogP contribution in [0.5, 0.6) is 0 Å². The first-order valence-electron chi connectivity index (χ1n) is 4.05. The SMILES string of the molecule is CC(F)(F)C(F)(F)C(F)(F)C(C)(F)OC(F)(F)F. The maximum atomic E-state index is 12.9. The standard InChI is InChI=1S/C7H6F10O/c1-3(8,9)5(11,12)6(13,14)4(2,10)18-7(15,16)17/h1-2H3. The van der Waals surface area contributed by atoms with Gasteiger partial charge in [-0.15, -0.1) is 13.2 Å². The highest BCUT2D eigenvalue weighted by molar-refractivity contribution is 5.01. The predicted molar refractivity (Wildman–Crippen MR) is 37.2 cm³/mol. The predicted octanol–water partition coefficient (Wildman–Crippen LogP) is 4.13. The summed E-state index contributed by atoms with van der Waals surface area (Å²) in [5.41, 5.74) is 0. The van der Waals surface area contributed by atoms with Crippen molar-refractivity contribution in [1.82, 2.24) is 0 Å². The zero-order valence-corrected chi connectivity index (χ0v) is 8.69. The molecule has 0 bridgehead atoms. The van der Waals surface area contributed by atoms with E-state index in [1.54, 1.807) is 0 Å². The van der Waals surface area contributed by atoms with Crippen LogP contribution in [-0.2, 0) is 4.74 Å². The Bertz CT molecular complexity index is 298. The molecule has 0 saturated heterocycles. The van der Waals surface area contributed by atoms with Crippen molar-refractivity contribution < 1.29 is 48.6 Å². The fourth-order valence-corrected chi connectivity index (χ4v) is 0.838. The third-order valence-electron chi connectivity index (χ3n) is 1.81. The first-order valence-corrected chi connectivity index (χ1v) is 4.05. The van der Waals surface area contributed by atoms with Crippen LogP contribution in [0.1, 0.15) is 13.8 Å². The van der Waals surface area contributed by atoms with Gasteiger partial charge in [0.2, 0.25) is 0 Å². The third-order valence-corrected chi connectivity index (χ3v) is 1.81. The lowest BCUT2D eigenvalue weighted by Gasteiger charge is -2.37. The van der Waals surface area contributed by atoms with Gasteiger partial charge in [-0.1, -0.05) is 0 Å². The maximum absolute atomic E-state index is 12.9. The smallest absolute Gasteiger partial charge is 0.248 e. The molecule has 0 rings (SSSR count). The molecule has 0 N–H and O–H groups in total. The van der Waals surface area contributed by atoms with E-state index in [0.29, 0.717) is 0 Å². The lowest BCUT2D eigenvalue weighted by molar-refractivity contribution is -0.455. The van der Waals surface area contributed by atoms with Gasteiger partial charge in [0, 0.05) is 13.8 Å². The molecule has 0 fully saturated rings. The second kappa shape index (κ2) is 4.14. The Labute approximate surface area is 93.7 Å². The number of hydrogen-bond acceptors (Lipinski definition) is 1. The van der Waals surface area contributed by atoms with Gasteiger partial charge < -0.3 is 0 Å². The highest BCUT2D eigenvalue weighted by Gasteiger charge is 2.78. The Morgan fingerprint density at radius 2 is 0.944 bits per heavy atom. The number of halogens is 10.